The number of hydrogen-bond acceptors (Lipinski definition) is 8. The summed E-state index contributed by atoms with van der Waals surface area (Å²) in [6.07, 6.45) is 12.7. The van der Waals surface area contributed by atoms with Gasteiger partial charge >= 0.3 is 0 Å². The van der Waals surface area contributed by atoms with E-state index in [9.17, 15) is 0 Å². The van der Waals surface area contributed by atoms with Gasteiger partial charge in [0.2, 0.25) is 0 Å². The van der Waals surface area contributed by atoms with Crippen LogP contribution in [0.4, 0.5) is 0 Å². The van der Waals surface area contributed by atoms with Crippen molar-refractivity contribution in [2.75, 3.05) is 0 Å². The predicted molar refractivity (Wildman–Crippen MR) is 463 cm³/mol. The summed E-state index contributed by atoms with van der Waals surface area (Å²) in [5, 5.41) is 0. The molecule has 8 nitrogen and oxygen atoms in total. The van der Waals surface area contributed by atoms with Crippen molar-refractivity contribution in [3.63, 3.8) is 0 Å². The summed E-state index contributed by atoms with van der Waals surface area (Å²) in [5.74, 6) is 0. The van der Waals surface area contributed by atoms with Gasteiger partial charge in [-0.1, -0.05) is 159 Å². The van der Waals surface area contributed by atoms with E-state index in [0.717, 1.165) is 95.8 Å². The van der Waals surface area contributed by atoms with E-state index < -0.39 is 0 Å². The van der Waals surface area contributed by atoms with Crippen molar-refractivity contribution in [1.82, 2.24) is 39.9 Å². The topological polar surface area (TPSA) is 103 Å². The molecule has 8 heterocycles. The van der Waals surface area contributed by atoms with Crippen LogP contribution in [-0.4, -0.2) is 39.9 Å². The largest absolute Gasteiger partial charge is 0.305 e. The van der Waals surface area contributed by atoms with Crippen molar-refractivity contribution in [3.8, 4) is 112 Å². The van der Waals surface area contributed by atoms with Crippen molar-refractivity contribution in [2.45, 2.75) is 34.6 Å². The van der Waals surface area contributed by atoms with Crippen LogP contribution in [0.2, 0.25) is 0 Å². The zero-order chi connectivity index (χ0) is 78.1. The predicted octanol–water partition coefficient (Wildman–Crippen LogP) is 25.3. The monoisotopic (exact) mass is 2230 g/mol. The van der Waals surface area contributed by atoms with E-state index in [4.69, 9.17) is 0 Å². The molecule has 18 aromatic rings. The van der Waals surface area contributed by atoms with Crippen LogP contribution in [0, 0.1) is 83.1 Å². The normalized spacial score (nSPS) is 9.65. The third-order valence-electron chi connectivity index (χ3n) is 16.9. The van der Waals surface area contributed by atoms with Gasteiger partial charge in [-0.3, -0.25) is 0 Å². The van der Waals surface area contributed by atoms with Gasteiger partial charge in [0.25, 0.3) is 0 Å². The number of rotatable bonds is 10. The molecule has 12 heteroatoms. The summed E-state index contributed by atoms with van der Waals surface area (Å²) >= 11 is 0. The molecule has 117 heavy (non-hydrogen) atoms. The van der Waals surface area contributed by atoms with Crippen LogP contribution >= 0.6 is 0 Å². The van der Waals surface area contributed by atoms with E-state index in [1.807, 2.05) is 311 Å². The van der Waals surface area contributed by atoms with Gasteiger partial charge in [0.05, 0.1) is 0 Å². The maximum atomic E-state index is 4.60. The van der Waals surface area contributed by atoms with Crippen LogP contribution in [0.15, 0.2) is 407 Å². The number of aryl methyl sites for hydroxylation is 5. The van der Waals surface area contributed by atoms with Crippen molar-refractivity contribution in [2.24, 2.45) is 0 Å². The fourth-order valence-corrected chi connectivity index (χ4v) is 11.2. The molecule has 0 unspecified atom stereocenters. The standard InChI is InChI=1S/2C18H14N.C13H12N.C12H10N.4C11H8N.4Ir/c1-14-12-18(16-10-6-3-7-11-16)19-13-17(14)15-8-4-2-5-9-15;1-14-12-17(15-8-4-2-5-9-15)13-18(19-14)16-10-6-3-7-11-16;1-10-4-3-5-12(8-10)13-9-11(2)6-7-14-13;1-10-5-7-11(8-6-10)12-4-2-3-9-13-12;4*1-2-6-10(7-3-1)11-8-4-5-9-12-11;;;;/h2*2-10,12-13H,1H3;3-4,6-9H,1-2H3;2-7,9H,1H3;4*1-6,8-9H;;;;/q8*-1;;;;. The minimum atomic E-state index is 0. The second-order valence-corrected chi connectivity index (χ2v) is 25.5. The Morgan fingerprint density at radius 3 is 0.897 bits per heavy atom. The van der Waals surface area contributed by atoms with Crippen molar-refractivity contribution in [3.05, 3.63) is 484 Å². The van der Waals surface area contributed by atoms with Crippen LogP contribution in [0.1, 0.15) is 27.9 Å². The maximum Gasteiger partial charge on any atom is 0.0272 e. The average molecular weight is 2220 g/mol. The summed E-state index contributed by atoms with van der Waals surface area (Å²) in [6, 6.07) is 145. The molecule has 4 radical (unpaired) electrons. The molecule has 0 saturated heterocycles. The Morgan fingerprint density at radius 2 is 0.547 bits per heavy atom. The molecule has 0 fully saturated rings. The van der Waals surface area contributed by atoms with E-state index in [2.05, 4.69) is 189 Å². The molecule has 0 saturated carbocycles. The Morgan fingerprint density at radius 1 is 0.205 bits per heavy atom. The van der Waals surface area contributed by atoms with Crippen LogP contribution in [0.25, 0.3) is 112 Å². The first-order chi connectivity index (χ1) is 55.6. The SMILES string of the molecule is Cc1c[c-]c(-c2ccccn2)cc1.Cc1cc(-c2[c-]cccc2)ncc1-c1ccccc1.Cc1cc(-c2ccccc2)cc(-c2[c-]cccc2)n1.Cc1cc[c-]c(-c2cc(C)ccn2)c1.[Ir].[Ir].[Ir].[Ir].[c-]1ccccc1-c1ccccn1.[c-]1ccccc1-c1ccccn1.[c-]1ccccc1-c1ccccn1.[c-]1ccccc1-c1ccccn1. The number of pyridine rings is 8. The summed E-state index contributed by atoms with van der Waals surface area (Å²) < 4.78 is 0. The fourth-order valence-electron chi connectivity index (χ4n) is 11.2. The molecular formula is C105H82Ir4N8-8. The van der Waals surface area contributed by atoms with Crippen molar-refractivity contribution in [1.29, 1.82) is 0 Å². The van der Waals surface area contributed by atoms with Gasteiger partial charge < -0.3 is 39.9 Å². The Hall–Kier alpha value is -12.0. The third-order valence-corrected chi connectivity index (χ3v) is 16.9. The van der Waals surface area contributed by atoms with Crippen molar-refractivity contribution < 1.29 is 80.4 Å². The molecule has 18 rings (SSSR count). The molecule has 0 aliphatic rings. The first-order valence-electron chi connectivity index (χ1n) is 37.0. The molecular weight excluding hydrogens is 2140 g/mol. The van der Waals surface area contributed by atoms with Crippen LogP contribution < -0.4 is 0 Å². The Kier molecular flexibility index (Phi) is 40.8. The van der Waals surface area contributed by atoms with E-state index in [1.54, 1.807) is 31.0 Å². The van der Waals surface area contributed by atoms with Crippen LogP contribution in [0.5, 0.6) is 0 Å². The zero-order valence-corrected chi connectivity index (χ0v) is 74.7. The first-order valence-corrected chi connectivity index (χ1v) is 37.0. The molecule has 0 aliphatic heterocycles. The van der Waals surface area contributed by atoms with E-state index in [0.29, 0.717) is 0 Å². The molecule has 0 atom stereocenters. The van der Waals surface area contributed by atoms with Crippen LogP contribution in [0.3, 0.4) is 0 Å². The van der Waals surface area contributed by atoms with Gasteiger partial charge in [-0.25, -0.2) is 0 Å². The molecule has 0 amide bonds. The second-order valence-electron chi connectivity index (χ2n) is 25.5. The van der Waals surface area contributed by atoms with Crippen LogP contribution in [-0.2, 0) is 80.4 Å². The van der Waals surface area contributed by atoms with E-state index in [1.165, 1.54) is 44.5 Å². The third kappa shape index (κ3) is 30.9. The number of benzene rings is 10. The second kappa shape index (κ2) is 51.8. The summed E-state index contributed by atoms with van der Waals surface area (Å²) in [6.45, 7) is 10.3. The number of nitrogens with zero attached hydrogens (tertiary/aromatic N) is 8. The first kappa shape index (κ1) is 92.2. The molecule has 0 N–H and O–H groups in total. The summed E-state index contributed by atoms with van der Waals surface area (Å²) in [4.78, 5) is 34.6. The molecule has 0 bridgehead atoms. The molecule has 0 spiro atoms. The number of hydrogen-bond donors (Lipinski definition) is 0. The van der Waals surface area contributed by atoms with Gasteiger partial charge in [-0.2, -0.15) is 0 Å². The van der Waals surface area contributed by atoms with E-state index in [-0.39, 0.29) is 80.4 Å². The van der Waals surface area contributed by atoms with Gasteiger partial charge in [-0.15, -0.1) is 286 Å². The fraction of sp³-hybridized carbons (Fsp3) is 0.0476. The summed E-state index contributed by atoms with van der Waals surface area (Å²) in [5.41, 5.74) is 26.9. The summed E-state index contributed by atoms with van der Waals surface area (Å²) in [7, 11) is 0. The molecule has 586 valence electrons. The molecule has 10 aromatic carbocycles. The van der Waals surface area contributed by atoms with Gasteiger partial charge in [-0.05, 0) is 131 Å². The average Bonchev–Trinajstić information content (AvgIpc) is 0.827. The smallest absolute Gasteiger partial charge is 0.0272 e. The van der Waals surface area contributed by atoms with Gasteiger partial charge in [0.15, 0.2) is 0 Å². The molecule has 8 aromatic heterocycles. The Bertz CT molecular complexity index is 5130. The molecule has 0 aliphatic carbocycles. The Balaban J connectivity index is 0.000000185. The maximum absolute atomic E-state index is 4.60. The minimum Gasteiger partial charge on any atom is -0.305 e. The van der Waals surface area contributed by atoms with Crippen molar-refractivity contribution >= 4 is 0 Å². The van der Waals surface area contributed by atoms with Gasteiger partial charge in [0, 0.05) is 135 Å². The quantitative estimate of drug-likeness (QED) is 0.125. The zero-order valence-electron chi connectivity index (χ0n) is 65.1. The van der Waals surface area contributed by atoms with E-state index >= 15 is 0 Å². The Labute approximate surface area is 744 Å². The van der Waals surface area contributed by atoms with Gasteiger partial charge in [0.1, 0.15) is 0 Å². The number of aromatic nitrogens is 8. The minimum absolute atomic E-state index is 0.